The highest BCUT2D eigenvalue weighted by molar-refractivity contribution is 6.01. The number of aromatic nitrogens is 5. The third-order valence-electron chi connectivity index (χ3n) is 7.00. The minimum atomic E-state index is -1.07. The summed E-state index contributed by atoms with van der Waals surface area (Å²) in [5.74, 6) is -0.331. The molecule has 0 saturated carbocycles. The fourth-order valence-corrected chi connectivity index (χ4v) is 5.12. The molecule has 0 unspecified atom stereocenters. The zero-order valence-electron chi connectivity index (χ0n) is 20.1. The number of nitrogens with zero attached hydrogens (tertiary/aromatic N) is 5. The number of nitrogens with one attached hydrogen (secondary N) is 1. The average molecular weight is 497 g/mol. The van der Waals surface area contributed by atoms with Crippen LogP contribution in [0.25, 0.3) is 44.1 Å². The van der Waals surface area contributed by atoms with Crippen molar-refractivity contribution < 1.29 is 9.90 Å². The van der Waals surface area contributed by atoms with Crippen LogP contribution in [0, 0.1) is 0 Å². The topological polar surface area (TPSA) is 134 Å². The number of rotatable bonds is 3. The van der Waals surface area contributed by atoms with Gasteiger partial charge in [0.25, 0.3) is 11.5 Å². The van der Waals surface area contributed by atoms with Gasteiger partial charge in [-0.05, 0) is 44.0 Å². The van der Waals surface area contributed by atoms with E-state index in [1.807, 2.05) is 42.5 Å². The molecule has 2 N–H and O–H groups in total. The highest BCUT2D eigenvalue weighted by Gasteiger charge is 2.28. The number of carbonyl (C=O) groups is 1. The molecule has 0 spiro atoms. The van der Waals surface area contributed by atoms with Gasteiger partial charge in [0.2, 0.25) is 0 Å². The Kier molecular flexibility index (Phi) is 5.53. The van der Waals surface area contributed by atoms with E-state index in [4.69, 9.17) is 4.98 Å². The third-order valence-corrected chi connectivity index (χ3v) is 7.00. The van der Waals surface area contributed by atoms with E-state index >= 15 is 0 Å². The van der Waals surface area contributed by atoms with Crippen molar-refractivity contribution in [3.05, 3.63) is 75.7 Å². The number of carbonyl (C=O) groups excluding carboxylic acids is 1. The number of hydrogen-bond donors (Lipinski definition) is 2. The van der Waals surface area contributed by atoms with E-state index in [1.165, 1.54) is 13.1 Å². The summed E-state index contributed by atoms with van der Waals surface area (Å²) in [5, 5.41) is 10.9. The summed E-state index contributed by atoms with van der Waals surface area (Å²) in [4.78, 5) is 56.0. The van der Waals surface area contributed by atoms with Gasteiger partial charge in [0.15, 0.2) is 0 Å². The van der Waals surface area contributed by atoms with Gasteiger partial charge >= 0.3 is 5.69 Å². The maximum absolute atomic E-state index is 13.2. The van der Waals surface area contributed by atoms with Crippen molar-refractivity contribution in [2.24, 2.45) is 0 Å². The molecule has 5 heterocycles. The molecule has 6 rings (SSSR count). The lowest BCUT2D eigenvalue weighted by molar-refractivity contribution is -0.140. The molecule has 37 heavy (non-hydrogen) atoms. The molecular formula is C27H24N6O4. The molecule has 1 atom stereocenters. The predicted octanol–water partition coefficient (Wildman–Crippen LogP) is 2.39. The van der Waals surface area contributed by atoms with Crippen LogP contribution in [0.5, 0.6) is 0 Å². The Hall–Kier alpha value is -4.44. The highest BCUT2D eigenvalue weighted by Crippen LogP contribution is 2.29. The van der Waals surface area contributed by atoms with Gasteiger partial charge in [-0.15, -0.1) is 0 Å². The molecule has 1 aliphatic rings. The number of piperidine rings is 1. The van der Waals surface area contributed by atoms with Crippen LogP contribution < -0.4 is 11.2 Å². The number of aromatic amines is 1. The van der Waals surface area contributed by atoms with Crippen LogP contribution in [0.3, 0.4) is 0 Å². The third kappa shape index (κ3) is 3.95. The fraction of sp³-hybridized carbons (Fsp3) is 0.259. The second-order valence-corrected chi connectivity index (χ2v) is 9.36. The maximum Gasteiger partial charge on any atom is 0.329 e. The van der Waals surface area contributed by atoms with Crippen molar-refractivity contribution in [1.82, 2.24) is 29.4 Å². The molecule has 4 aromatic heterocycles. The first-order valence-corrected chi connectivity index (χ1v) is 12.2. The second-order valence-electron chi connectivity index (χ2n) is 9.36. The zero-order chi connectivity index (χ0) is 25.7. The predicted molar refractivity (Wildman–Crippen MR) is 139 cm³/mol. The number of likely N-dealkylation sites (tertiary alicyclic amines) is 1. The largest absolute Gasteiger partial charge is 0.384 e. The Morgan fingerprint density at radius 1 is 1.05 bits per heavy atom. The summed E-state index contributed by atoms with van der Waals surface area (Å²) in [5.41, 5.74) is 2.73. The Bertz CT molecular complexity index is 1800. The molecule has 1 saturated heterocycles. The maximum atomic E-state index is 13.2. The zero-order valence-corrected chi connectivity index (χ0v) is 20.1. The van der Waals surface area contributed by atoms with Crippen molar-refractivity contribution in [3.8, 4) is 11.3 Å². The number of hydrogen-bond acceptors (Lipinski definition) is 7. The van der Waals surface area contributed by atoms with Crippen LogP contribution in [0.15, 0.2) is 64.4 Å². The number of para-hydroxylation sites is 1. The van der Waals surface area contributed by atoms with Gasteiger partial charge < -0.3 is 10.0 Å². The van der Waals surface area contributed by atoms with Crippen LogP contribution in [0.1, 0.15) is 25.8 Å². The number of aliphatic hydroxyl groups excluding tert-OH is 1. The summed E-state index contributed by atoms with van der Waals surface area (Å²) in [7, 11) is 0. The summed E-state index contributed by atoms with van der Waals surface area (Å²) in [6.45, 7) is 2.24. The molecule has 1 fully saturated rings. The van der Waals surface area contributed by atoms with Crippen molar-refractivity contribution in [1.29, 1.82) is 0 Å². The quantitative estimate of drug-likeness (QED) is 0.366. The average Bonchev–Trinajstić information content (AvgIpc) is 2.92. The number of H-pyrrole nitrogens is 1. The number of benzene rings is 1. The highest BCUT2D eigenvalue weighted by atomic mass is 16.3. The Labute approximate surface area is 210 Å². The first kappa shape index (κ1) is 23.0. The van der Waals surface area contributed by atoms with E-state index in [0.717, 1.165) is 16.5 Å². The van der Waals surface area contributed by atoms with Crippen LogP contribution in [0.2, 0.25) is 0 Å². The van der Waals surface area contributed by atoms with E-state index in [9.17, 15) is 19.5 Å². The van der Waals surface area contributed by atoms with Gasteiger partial charge in [0.1, 0.15) is 11.6 Å². The Morgan fingerprint density at radius 3 is 2.59 bits per heavy atom. The summed E-state index contributed by atoms with van der Waals surface area (Å²) < 4.78 is 1.58. The number of fused-ring (bicyclic) bond motifs is 4. The van der Waals surface area contributed by atoms with Gasteiger partial charge in [0.05, 0.1) is 27.6 Å². The molecular weight excluding hydrogens is 472 g/mol. The number of amides is 1. The number of pyridine rings is 3. The summed E-state index contributed by atoms with van der Waals surface area (Å²) in [6.07, 6.45) is 3.15. The van der Waals surface area contributed by atoms with Crippen LogP contribution in [0.4, 0.5) is 0 Å². The Balaban J connectivity index is 1.51. The summed E-state index contributed by atoms with van der Waals surface area (Å²) in [6, 6.07) is 13.2. The molecule has 10 nitrogen and oxygen atoms in total. The van der Waals surface area contributed by atoms with Crippen LogP contribution in [-0.4, -0.2) is 59.6 Å². The second kappa shape index (κ2) is 8.90. The molecule has 1 aliphatic heterocycles. The van der Waals surface area contributed by atoms with Crippen LogP contribution >= 0.6 is 0 Å². The standard InChI is InChI=1S/C27H24N6O4/c1-15(34)26(36)32-10-8-18(9-11-32)33-24-19(25(35)31-27(33)37)14-29-22-7-6-21(30-23(22)24)17-12-16-4-2-3-5-20(16)28-13-17/h2-7,12-15,18,34H,8-11H2,1H3,(H,31,35,37)/t15-/m0/s1. The molecule has 0 bridgehead atoms. The lowest BCUT2D eigenvalue weighted by Crippen LogP contribution is -2.45. The molecule has 186 valence electrons. The normalized spacial score (nSPS) is 15.5. The van der Waals surface area contributed by atoms with E-state index in [-0.39, 0.29) is 17.3 Å². The minimum absolute atomic E-state index is 0.261. The van der Waals surface area contributed by atoms with Crippen molar-refractivity contribution >= 4 is 38.7 Å². The molecule has 0 aliphatic carbocycles. The van der Waals surface area contributed by atoms with Gasteiger partial charge in [-0.25, -0.2) is 9.78 Å². The first-order chi connectivity index (χ1) is 17.9. The van der Waals surface area contributed by atoms with Crippen molar-refractivity contribution in [3.63, 3.8) is 0 Å². The van der Waals surface area contributed by atoms with Crippen molar-refractivity contribution in [2.75, 3.05) is 13.1 Å². The lowest BCUT2D eigenvalue weighted by atomic mass is 10.0. The van der Waals surface area contributed by atoms with E-state index in [2.05, 4.69) is 15.0 Å². The monoisotopic (exact) mass is 496 g/mol. The van der Waals surface area contributed by atoms with E-state index < -0.39 is 17.4 Å². The smallest absolute Gasteiger partial charge is 0.329 e. The SMILES string of the molecule is C[C@H](O)C(=O)N1CCC(n2c(=O)[nH]c(=O)c3cnc4ccc(-c5cnc6ccccc6c5)nc4c32)CC1. The molecule has 10 heteroatoms. The van der Waals surface area contributed by atoms with E-state index in [0.29, 0.717) is 48.2 Å². The molecule has 5 aromatic rings. The lowest BCUT2D eigenvalue weighted by Gasteiger charge is -2.34. The van der Waals surface area contributed by atoms with Crippen molar-refractivity contribution in [2.45, 2.75) is 31.9 Å². The Morgan fingerprint density at radius 2 is 1.81 bits per heavy atom. The van der Waals surface area contributed by atoms with Gasteiger partial charge in [-0.2, -0.15) is 0 Å². The fourth-order valence-electron chi connectivity index (χ4n) is 5.12. The molecule has 0 radical (unpaired) electrons. The molecule has 1 aromatic carbocycles. The van der Waals surface area contributed by atoms with Crippen LogP contribution in [-0.2, 0) is 4.79 Å². The first-order valence-electron chi connectivity index (χ1n) is 12.2. The van der Waals surface area contributed by atoms with E-state index in [1.54, 1.807) is 15.7 Å². The number of aliphatic hydroxyl groups is 1. The van der Waals surface area contributed by atoms with Gasteiger partial charge in [-0.3, -0.25) is 29.1 Å². The van der Waals surface area contributed by atoms with Gasteiger partial charge in [0, 0.05) is 42.5 Å². The van der Waals surface area contributed by atoms with Gasteiger partial charge in [-0.1, -0.05) is 18.2 Å². The summed E-state index contributed by atoms with van der Waals surface area (Å²) >= 11 is 0. The minimum Gasteiger partial charge on any atom is -0.384 e. The molecule has 1 amide bonds.